The summed E-state index contributed by atoms with van der Waals surface area (Å²) in [5.74, 6) is 1.89. The van der Waals surface area contributed by atoms with Crippen molar-refractivity contribution in [2.24, 2.45) is 5.92 Å². The second-order valence-electron chi connectivity index (χ2n) is 5.66. The summed E-state index contributed by atoms with van der Waals surface area (Å²) in [7, 11) is 0. The Balaban J connectivity index is 1.95. The standard InChI is InChI=1S/C13H25N5/c1-4-11-5-7-12(8-6-11)18-13(15-16-17-18)9-14-10(2)3/h10-12,14H,4-9H2,1-3H3. The molecule has 0 radical (unpaired) electrons. The van der Waals surface area contributed by atoms with E-state index in [0.29, 0.717) is 12.1 Å². The van der Waals surface area contributed by atoms with E-state index in [2.05, 4.69) is 41.6 Å². The van der Waals surface area contributed by atoms with E-state index in [0.717, 1.165) is 18.3 Å². The van der Waals surface area contributed by atoms with Crippen molar-refractivity contribution in [2.45, 2.75) is 71.5 Å². The van der Waals surface area contributed by atoms with E-state index in [9.17, 15) is 0 Å². The predicted octanol–water partition coefficient (Wildman–Crippen LogP) is 2.31. The molecular formula is C13H25N5. The van der Waals surface area contributed by atoms with Gasteiger partial charge in [0.15, 0.2) is 5.82 Å². The lowest BCUT2D eigenvalue weighted by atomic mass is 9.84. The third-order valence-electron chi connectivity index (χ3n) is 3.97. The summed E-state index contributed by atoms with van der Waals surface area (Å²) in [6, 6.07) is 0.970. The highest BCUT2D eigenvalue weighted by molar-refractivity contribution is 4.86. The molecule has 5 heteroatoms. The number of rotatable bonds is 5. The van der Waals surface area contributed by atoms with E-state index in [4.69, 9.17) is 0 Å². The van der Waals surface area contributed by atoms with Crippen LogP contribution in [0.15, 0.2) is 0 Å². The van der Waals surface area contributed by atoms with Gasteiger partial charge in [0, 0.05) is 6.04 Å². The Kier molecular flexibility index (Phi) is 4.69. The van der Waals surface area contributed by atoms with E-state index in [1.54, 1.807) is 0 Å². The second-order valence-corrected chi connectivity index (χ2v) is 5.66. The number of nitrogens with one attached hydrogen (secondary N) is 1. The Labute approximate surface area is 109 Å². The van der Waals surface area contributed by atoms with Crippen LogP contribution in [0.2, 0.25) is 0 Å². The number of aromatic nitrogens is 4. The SMILES string of the molecule is CCC1CCC(n2nnnc2CNC(C)C)CC1. The third kappa shape index (κ3) is 3.28. The van der Waals surface area contributed by atoms with E-state index in [1.165, 1.54) is 32.1 Å². The first kappa shape index (κ1) is 13.5. The summed E-state index contributed by atoms with van der Waals surface area (Å²) in [6.07, 6.45) is 6.39. The molecule has 2 rings (SSSR count). The summed E-state index contributed by atoms with van der Waals surface area (Å²) < 4.78 is 2.04. The summed E-state index contributed by atoms with van der Waals surface area (Å²) in [5.41, 5.74) is 0. The molecule has 1 aromatic heterocycles. The molecule has 0 spiro atoms. The maximum absolute atomic E-state index is 4.18. The van der Waals surface area contributed by atoms with Gasteiger partial charge in [0.25, 0.3) is 0 Å². The van der Waals surface area contributed by atoms with Crippen molar-refractivity contribution in [1.82, 2.24) is 25.5 Å². The molecule has 0 atom stereocenters. The van der Waals surface area contributed by atoms with Gasteiger partial charge in [-0.15, -0.1) is 5.10 Å². The molecule has 102 valence electrons. The largest absolute Gasteiger partial charge is 0.308 e. The van der Waals surface area contributed by atoms with E-state index < -0.39 is 0 Å². The summed E-state index contributed by atoms with van der Waals surface area (Å²) in [5, 5.41) is 15.5. The van der Waals surface area contributed by atoms with Gasteiger partial charge in [-0.1, -0.05) is 27.2 Å². The van der Waals surface area contributed by atoms with Gasteiger partial charge >= 0.3 is 0 Å². The zero-order chi connectivity index (χ0) is 13.0. The van der Waals surface area contributed by atoms with Gasteiger partial charge < -0.3 is 5.32 Å². The number of nitrogens with zero attached hydrogens (tertiary/aromatic N) is 4. The number of hydrogen-bond donors (Lipinski definition) is 1. The van der Waals surface area contributed by atoms with Crippen LogP contribution in [-0.2, 0) is 6.54 Å². The van der Waals surface area contributed by atoms with Crippen molar-refractivity contribution in [3.05, 3.63) is 5.82 Å². The Morgan fingerprint density at radius 2 is 2.00 bits per heavy atom. The fourth-order valence-electron chi connectivity index (χ4n) is 2.71. The van der Waals surface area contributed by atoms with Gasteiger partial charge in [0.05, 0.1) is 12.6 Å². The molecule has 0 bridgehead atoms. The van der Waals surface area contributed by atoms with Crippen LogP contribution in [0.4, 0.5) is 0 Å². The summed E-state index contributed by atoms with van der Waals surface area (Å²) >= 11 is 0. The van der Waals surface area contributed by atoms with Crippen LogP contribution in [0.1, 0.15) is 64.7 Å². The summed E-state index contributed by atoms with van der Waals surface area (Å²) in [4.78, 5) is 0. The molecule has 18 heavy (non-hydrogen) atoms. The maximum atomic E-state index is 4.18. The quantitative estimate of drug-likeness (QED) is 0.872. The molecule has 0 aromatic carbocycles. The van der Waals surface area contributed by atoms with Crippen LogP contribution in [0.5, 0.6) is 0 Å². The Morgan fingerprint density at radius 1 is 1.28 bits per heavy atom. The molecule has 5 nitrogen and oxygen atoms in total. The number of tetrazole rings is 1. The van der Waals surface area contributed by atoms with Gasteiger partial charge in [-0.25, -0.2) is 4.68 Å². The van der Waals surface area contributed by atoms with Crippen LogP contribution in [-0.4, -0.2) is 26.2 Å². The van der Waals surface area contributed by atoms with Gasteiger partial charge in [0.2, 0.25) is 0 Å². The van der Waals surface area contributed by atoms with Crippen LogP contribution in [0.25, 0.3) is 0 Å². The smallest absolute Gasteiger partial charge is 0.165 e. The van der Waals surface area contributed by atoms with Gasteiger partial charge in [0.1, 0.15) is 0 Å². The van der Waals surface area contributed by atoms with E-state index >= 15 is 0 Å². The normalized spacial score (nSPS) is 24.7. The van der Waals surface area contributed by atoms with Gasteiger partial charge in [-0.3, -0.25) is 0 Å². The van der Waals surface area contributed by atoms with Gasteiger partial charge in [-0.05, 0) is 42.0 Å². The lowest BCUT2D eigenvalue weighted by Crippen LogP contribution is -2.26. The van der Waals surface area contributed by atoms with E-state index in [-0.39, 0.29) is 0 Å². The molecule has 1 N–H and O–H groups in total. The zero-order valence-corrected chi connectivity index (χ0v) is 11.8. The molecule has 1 saturated carbocycles. The van der Waals surface area contributed by atoms with Crippen molar-refractivity contribution in [3.8, 4) is 0 Å². The molecule has 1 aliphatic rings. The van der Waals surface area contributed by atoms with Crippen LogP contribution in [0, 0.1) is 5.92 Å². The second kappa shape index (κ2) is 6.27. The van der Waals surface area contributed by atoms with Crippen LogP contribution >= 0.6 is 0 Å². The highest BCUT2D eigenvalue weighted by Gasteiger charge is 2.24. The average molecular weight is 251 g/mol. The lowest BCUT2D eigenvalue weighted by molar-refractivity contribution is 0.248. The first-order valence-corrected chi connectivity index (χ1v) is 7.20. The number of hydrogen-bond acceptors (Lipinski definition) is 4. The lowest BCUT2D eigenvalue weighted by Gasteiger charge is -2.28. The molecule has 0 amide bonds. The van der Waals surface area contributed by atoms with Crippen molar-refractivity contribution >= 4 is 0 Å². The molecule has 1 fully saturated rings. The van der Waals surface area contributed by atoms with Crippen LogP contribution in [0.3, 0.4) is 0 Å². The average Bonchev–Trinajstić information content (AvgIpc) is 2.85. The maximum Gasteiger partial charge on any atom is 0.165 e. The Morgan fingerprint density at radius 3 is 2.61 bits per heavy atom. The molecular weight excluding hydrogens is 226 g/mol. The minimum Gasteiger partial charge on any atom is -0.308 e. The minimum absolute atomic E-state index is 0.464. The van der Waals surface area contributed by atoms with Crippen molar-refractivity contribution in [3.63, 3.8) is 0 Å². The first-order chi connectivity index (χ1) is 8.70. The van der Waals surface area contributed by atoms with Crippen molar-refractivity contribution in [2.75, 3.05) is 0 Å². The molecule has 1 aliphatic carbocycles. The first-order valence-electron chi connectivity index (χ1n) is 7.20. The fourth-order valence-corrected chi connectivity index (χ4v) is 2.71. The fraction of sp³-hybridized carbons (Fsp3) is 0.923. The molecule has 0 unspecified atom stereocenters. The third-order valence-corrected chi connectivity index (χ3v) is 3.97. The molecule has 0 aliphatic heterocycles. The van der Waals surface area contributed by atoms with E-state index in [1.807, 2.05) is 4.68 Å². The highest BCUT2D eigenvalue weighted by Crippen LogP contribution is 2.33. The molecule has 0 saturated heterocycles. The van der Waals surface area contributed by atoms with Crippen molar-refractivity contribution < 1.29 is 0 Å². The molecule has 1 aromatic rings. The predicted molar refractivity (Wildman–Crippen MR) is 71.1 cm³/mol. The Hall–Kier alpha value is -0.970. The monoisotopic (exact) mass is 251 g/mol. The zero-order valence-electron chi connectivity index (χ0n) is 11.8. The topological polar surface area (TPSA) is 55.6 Å². The Bertz CT molecular complexity index is 352. The van der Waals surface area contributed by atoms with Crippen molar-refractivity contribution in [1.29, 1.82) is 0 Å². The van der Waals surface area contributed by atoms with Gasteiger partial charge in [-0.2, -0.15) is 0 Å². The summed E-state index contributed by atoms with van der Waals surface area (Å²) in [6.45, 7) is 7.33. The molecule has 1 heterocycles. The highest BCUT2D eigenvalue weighted by atomic mass is 15.6. The minimum atomic E-state index is 0.464. The van der Waals surface area contributed by atoms with Crippen LogP contribution < -0.4 is 5.32 Å².